The summed E-state index contributed by atoms with van der Waals surface area (Å²) in [4.78, 5) is 29.1. The molecule has 0 unspecified atom stereocenters. The van der Waals surface area contributed by atoms with Crippen LogP contribution in [0.4, 0.5) is 0 Å². The molecule has 9 heteroatoms. The third-order valence-electron chi connectivity index (χ3n) is 4.32. The first-order chi connectivity index (χ1) is 15.3. The highest BCUT2D eigenvalue weighted by Crippen LogP contribution is 2.36. The van der Waals surface area contributed by atoms with Crippen molar-refractivity contribution >= 4 is 83.3 Å². The summed E-state index contributed by atoms with van der Waals surface area (Å²) < 4.78 is 12.7. The lowest BCUT2D eigenvalue weighted by atomic mass is 10.2. The van der Waals surface area contributed by atoms with Gasteiger partial charge in [0.25, 0.3) is 0 Å². The monoisotopic (exact) mass is 637 g/mol. The van der Waals surface area contributed by atoms with Crippen LogP contribution in [-0.2, 0) is 9.53 Å². The number of hydrogen-bond donors (Lipinski definition) is 0. The van der Waals surface area contributed by atoms with E-state index in [1.165, 1.54) is 0 Å². The number of halogens is 4. The second kappa shape index (κ2) is 9.70. The van der Waals surface area contributed by atoms with Crippen molar-refractivity contribution in [1.29, 1.82) is 0 Å². The van der Waals surface area contributed by atoms with Crippen molar-refractivity contribution in [3.05, 3.63) is 101 Å². The van der Waals surface area contributed by atoms with Crippen LogP contribution in [0.25, 0.3) is 6.08 Å². The molecule has 3 aromatic carbocycles. The third-order valence-corrected chi connectivity index (χ3v) is 6.36. The first kappa shape index (κ1) is 22.9. The lowest BCUT2D eigenvalue weighted by Gasteiger charge is -2.10. The molecule has 0 spiro atoms. The van der Waals surface area contributed by atoms with Crippen molar-refractivity contribution in [2.24, 2.45) is 4.99 Å². The molecule has 0 atom stereocenters. The number of esters is 2. The average molecular weight is 641 g/mol. The molecule has 0 saturated heterocycles. The van der Waals surface area contributed by atoms with E-state index in [9.17, 15) is 9.59 Å². The Balaban J connectivity index is 1.60. The van der Waals surface area contributed by atoms with Crippen molar-refractivity contribution < 1.29 is 19.1 Å². The quantitative estimate of drug-likeness (QED) is 0.172. The molecule has 0 radical (unpaired) electrons. The fourth-order valence-corrected chi connectivity index (χ4v) is 4.68. The Kier molecular flexibility index (Phi) is 6.95. The maximum Gasteiger partial charge on any atom is 0.363 e. The van der Waals surface area contributed by atoms with Crippen molar-refractivity contribution in [2.75, 3.05) is 0 Å². The highest BCUT2D eigenvalue weighted by atomic mass is 79.9. The van der Waals surface area contributed by atoms with Crippen LogP contribution < -0.4 is 4.74 Å². The molecule has 32 heavy (non-hydrogen) atoms. The van der Waals surface area contributed by atoms with Gasteiger partial charge in [-0.05, 0) is 92.0 Å². The van der Waals surface area contributed by atoms with Gasteiger partial charge in [0, 0.05) is 10.0 Å². The normalized spacial score (nSPS) is 14.3. The minimum atomic E-state index is -0.591. The van der Waals surface area contributed by atoms with Gasteiger partial charge >= 0.3 is 11.9 Å². The first-order valence-electron chi connectivity index (χ1n) is 9.06. The summed E-state index contributed by atoms with van der Waals surface area (Å²) >= 11 is 16.3. The molecule has 0 saturated carbocycles. The van der Waals surface area contributed by atoms with E-state index >= 15 is 0 Å². The molecule has 160 valence electrons. The predicted molar refractivity (Wildman–Crippen MR) is 133 cm³/mol. The average Bonchev–Trinajstić information content (AvgIpc) is 3.11. The van der Waals surface area contributed by atoms with E-state index in [0.29, 0.717) is 25.1 Å². The van der Waals surface area contributed by atoms with Crippen molar-refractivity contribution in [2.45, 2.75) is 0 Å². The molecule has 0 bridgehead atoms. The molecule has 3 aromatic rings. The summed E-state index contributed by atoms with van der Waals surface area (Å²) in [5.74, 6) is -0.627. The van der Waals surface area contributed by atoms with Gasteiger partial charge in [-0.15, -0.1) is 0 Å². The number of aliphatic imine (C=N–C) groups is 1. The van der Waals surface area contributed by atoms with E-state index in [1.807, 2.05) is 12.1 Å². The molecule has 1 aliphatic rings. The van der Waals surface area contributed by atoms with Gasteiger partial charge in [0.2, 0.25) is 5.90 Å². The SMILES string of the molecule is O=C1OC(c2ccc(Br)cc2)=N/C1=C\c1cc(Br)c(OC(=O)c2ccccc2Cl)c(Br)c1. The third kappa shape index (κ3) is 5.04. The zero-order valence-corrected chi connectivity index (χ0v) is 21.5. The predicted octanol–water partition coefficient (Wildman–Crippen LogP) is 7.19. The highest BCUT2D eigenvalue weighted by Gasteiger charge is 2.24. The summed E-state index contributed by atoms with van der Waals surface area (Å²) in [6.07, 6.45) is 1.59. The smallest absolute Gasteiger partial charge is 0.363 e. The van der Waals surface area contributed by atoms with Gasteiger partial charge < -0.3 is 9.47 Å². The topological polar surface area (TPSA) is 65.0 Å². The number of rotatable bonds is 4. The molecule has 0 amide bonds. The van der Waals surface area contributed by atoms with Crippen LogP contribution in [0.5, 0.6) is 5.75 Å². The zero-order valence-electron chi connectivity index (χ0n) is 15.9. The summed E-state index contributed by atoms with van der Waals surface area (Å²) in [7, 11) is 0. The lowest BCUT2D eigenvalue weighted by Crippen LogP contribution is -2.10. The minimum Gasteiger partial charge on any atom is -0.420 e. The number of ether oxygens (including phenoxy) is 2. The summed E-state index contributed by atoms with van der Waals surface area (Å²) in [5, 5.41) is 0.297. The Hall–Kier alpha value is -2.26. The number of carbonyl (C=O) groups excluding carboxylic acids is 2. The van der Waals surface area contributed by atoms with Crippen LogP contribution in [0.15, 0.2) is 84.8 Å². The van der Waals surface area contributed by atoms with E-state index in [4.69, 9.17) is 21.1 Å². The van der Waals surface area contributed by atoms with E-state index in [-0.39, 0.29) is 22.9 Å². The van der Waals surface area contributed by atoms with Crippen LogP contribution in [0.2, 0.25) is 5.02 Å². The second-order valence-electron chi connectivity index (χ2n) is 6.53. The summed E-state index contributed by atoms with van der Waals surface area (Å²) in [6.45, 7) is 0. The Morgan fingerprint density at radius 2 is 1.66 bits per heavy atom. The Bertz CT molecular complexity index is 1280. The fourth-order valence-electron chi connectivity index (χ4n) is 2.82. The molecule has 1 heterocycles. The number of carbonyl (C=O) groups is 2. The molecule has 5 nitrogen and oxygen atoms in total. The van der Waals surface area contributed by atoms with Gasteiger partial charge in [0.05, 0.1) is 19.5 Å². The van der Waals surface area contributed by atoms with Gasteiger partial charge in [0.1, 0.15) is 0 Å². The van der Waals surface area contributed by atoms with Crippen LogP contribution in [0, 0.1) is 0 Å². The maximum absolute atomic E-state index is 12.5. The largest absolute Gasteiger partial charge is 0.420 e. The van der Waals surface area contributed by atoms with Gasteiger partial charge in [-0.25, -0.2) is 14.6 Å². The van der Waals surface area contributed by atoms with Gasteiger partial charge in [-0.3, -0.25) is 0 Å². The molecule has 0 aromatic heterocycles. The molecule has 0 N–H and O–H groups in total. The number of cyclic esters (lactones) is 1. The van der Waals surface area contributed by atoms with Crippen molar-refractivity contribution in [3.63, 3.8) is 0 Å². The molecule has 0 fully saturated rings. The van der Waals surface area contributed by atoms with Gasteiger partial charge in [-0.2, -0.15) is 0 Å². The van der Waals surface area contributed by atoms with Gasteiger partial charge in [0.15, 0.2) is 11.4 Å². The molecule has 0 aliphatic carbocycles. The lowest BCUT2D eigenvalue weighted by molar-refractivity contribution is -0.129. The van der Waals surface area contributed by atoms with E-state index in [1.54, 1.807) is 54.6 Å². The number of nitrogens with zero attached hydrogens (tertiary/aromatic N) is 1. The fraction of sp³-hybridized carbons (Fsp3) is 0. The van der Waals surface area contributed by atoms with Crippen LogP contribution in [0.1, 0.15) is 21.5 Å². The van der Waals surface area contributed by atoms with E-state index in [2.05, 4.69) is 52.8 Å². The Labute approximate surface area is 213 Å². The van der Waals surface area contributed by atoms with Crippen LogP contribution in [0.3, 0.4) is 0 Å². The molecular formula is C23H11Br3ClNO4. The zero-order chi connectivity index (χ0) is 22.8. The van der Waals surface area contributed by atoms with Gasteiger partial charge in [-0.1, -0.05) is 39.7 Å². The molecular weight excluding hydrogens is 629 g/mol. The van der Waals surface area contributed by atoms with E-state index in [0.717, 1.165) is 4.47 Å². The Morgan fingerprint density at radius 1 is 1.00 bits per heavy atom. The van der Waals surface area contributed by atoms with Crippen LogP contribution in [-0.4, -0.2) is 17.8 Å². The maximum atomic E-state index is 12.5. The molecule has 4 rings (SSSR count). The number of benzene rings is 3. The number of hydrogen-bond acceptors (Lipinski definition) is 5. The summed E-state index contributed by atoms with van der Waals surface area (Å²) in [6, 6.07) is 17.3. The first-order valence-corrected chi connectivity index (χ1v) is 11.8. The second-order valence-corrected chi connectivity index (χ2v) is 9.56. The van der Waals surface area contributed by atoms with Crippen molar-refractivity contribution in [1.82, 2.24) is 0 Å². The van der Waals surface area contributed by atoms with E-state index < -0.39 is 11.9 Å². The minimum absolute atomic E-state index is 0.155. The standard InChI is InChI=1S/C23H11Br3ClNO4/c24-14-7-5-13(6-8-14)21-28-19(23(30)32-21)11-12-9-16(25)20(17(26)10-12)31-22(29)15-3-1-2-4-18(15)27/h1-11H/b19-11-. The highest BCUT2D eigenvalue weighted by molar-refractivity contribution is 9.11. The molecule has 1 aliphatic heterocycles. The van der Waals surface area contributed by atoms with Crippen LogP contribution >= 0.6 is 59.4 Å². The summed E-state index contributed by atoms with van der Waals surface area (Å²) in [5.41, 5.74) is 1.74. The Morgan fingerprint density at radius 3 is 2.31 bits per heavy atom. The van der Waals surface area contributed by atoms with Crippen molar-refractivity contribution in [3.8, 4) is 5.75 Å².